The van der Waals surface area contributed by atoms with Crippen LogP contribution in [0.25, 0.3) is 0 Å². The first-order valence-corrected chi connectivity index (χ1v) is 8.46. The van der Waals surface area contributed by atoms with E-state index in [1.807, 2.05) is 0 Å². The summed E-state index contributed by atoms with van der Waals surface area (Å²) in [7, 11) is 0. The van der Waals surface area contributed by atoms with Crippen LogP contribution in [0.15, 0.2) is 52.9 Å². The van der Waals surface area contributed by atoms with E-state index in [0.717, 1.165) is 0 Å². The molecule has 1 aliphatic heterocycles. The van der Waals surface area contributed by atoms with E-state index < -0.39 is 11.7 Å². The lowest BCUT2D eigenvalue weighted by molar-refractivity contribution is -0.117. The average molecular weight is 384 g/mol. The first kappa shape index (κ1) is 17.8. The van der Waals surface area contributed by atoms with Crippen molar-refractivity contribution in [1.82, 2.24) is 10.2 Å². The molecule has 142 valence electrons. The highest BCUT2D eigenvalue weighted by Gasteiger charge is 2.35. The van der Waals surface area contributed by atoms with E-state index in [1.54, 1.807) is 0 Å². The van der Waals surface area contributed by atoms with E-state index in [0.29, 0.717) is 5.69 Å². The lowest BCUT2D eigenvalue weighted by Crippen LogP contribution is -2.24. The fraction of sp³-hybridized carbons (Fsp3) is 0.158. The molecule has 28 heavy (non-hydrogen) atoms. The minimum absolute atomic E-state index is 0.139. The molecule has 0 saturated carbocycles. The van der Waals surface area contributed by atoms with Gasteiger partial charge in [0.25, 0.3) is 5.91 Å². The number of hydrogen-bond donors (Lipinski definition) is 1. The van der Waals surface area contributed by atoms with E-state index in [2.05, 4.69) is 15.5 Å². The van der Waals surface area contributed by atoms with Crippen LogP contribution in [0.2, 0.25) is 0 Å². The van der Waals surface area contributed by atoms with Crippen LogP contribution in [0.4, 0.5) is 20.5 Å². The summed E-state index contributed by atoms with van der Waals surface area (Å²) in [6.07, 6.45) is 0.139. The Morgan fingerprint density at radius 1 is 1.11 bits per heavy atom. The van der Waals surface area contributed by atoms with Gasteiger partial charge in [-0.15, -0.1) is 5.10 Å². The predicted molar refractivity (Wildman–Crippen MR) is 94.8 cm³/mol. The first-order chi connectivity index (χ1) is 13.5. The molecule has 9 heteroatoms. The fourth-order valence-electron chi connectivity index (χ4n) is 3.00. The molecule has 0 spiro atoms. The van der Waals surface area contributed by atoms with Crippen molar-refractivity contribution in [2.24, 2.45) is 0 Å². The van der Waals surface area contributed by atoms with Gasteiger partial charge in [-0.1, -0.05) is 17.2 Å². The van der Waals surface area contributed by atoms with Gasteiger partial charge in [0.2, 0.25) is 11.8 Å². The number of hydrogen-bond acceptors (Lipinski definition) is 5. The number of benzene rings is 2. The van der Waals surface area contributed by atoms with E-state index >= 15 is 0 Å². The maximum atomic E-state index is 13.7. The van der Waals surface area contributed by atoms with E-state index in [9.17, 15) is 18.4 Å². The van der Waals surface area contributed by atoms with Crippen molar-refractivity contribution >= 4 is 23.5 Å². The summed E-state index contributed by atoms with van der Waals surface area (Å²) in [5.74, 6) is -2.13. The zero-order chi connectivity index (χ0) is 19.7. The van der Waals surface area contributed by atoms with Gasteiger partial charge in [-0.2, -0.15) is 0 Å². The summed E-state index contributed by atoms with van der Waals surface area (Å²) in [5, 5.41) is 9.96. The molecule has 0 aliphatic carbocycles. The van der Waals surface area contributed by atoms with Crippen LogP contribution in [0.1, 0.15) is 28.6 Å². The van der Waals surface area contributed by atoms with Crippen molar-refractivity contribution in [3.05, 3.63) is 71.6 Å². The summed E-state index contributed by atoms with van der Waals surface area (Å²) in [5.41, 5.74) is 0.419. The topological polar surface area (TPSA) is 88.3 Å². The number of aromatic nitrogens is 2. The molecule has 1 N–H and O–H groups in total. The molecule has 0 bridgehead atoms. The smallest absolute Gasteiger partial charge is 0.322 e. The number of anilines is 2. The van der Waals surface area contributed by atoms with Gasteiger partial charge in [-0.3, -0.25) is 14.9 Å². The third-order valence-corrected chi connectivity index (χ3v) is 4.39. The number of nitrogens with one attached hydrogen (secondary N) is 1. The van der Waals surface area contributed by atoms with Crippen LogP contribution >= 0.6 is 0 Å². The molecule has 2 aromatic carbocycles. The molecule has 0 radical (unpaired) electrons. The van der Waals surface area contributed by atoms with Crippen molar-refractivity contribution < 1.29 is 22.8 Å². The number of carbonyl (C=O) groups excluding carboxylic acids is 2. The number of halogens is 2. The van der Waals surface area contributed by atoms with Crippen molar-refractivity contribution in [1.29, 1.82) is 0 Å². The van der Waals surface area contributed by atoms with Gasteiger partial charge in [0.1, 0.15) is 11.6 Å². The maximum absolute atomic E-state index is 13.7. The van der Waals surface area contributed by atoms with Crippen molar-refractivity contribution in [2.45, 2.75) is 12.3 Å². The standard InChI is InChI=1S/C19H14F2N4O3/c20-12-5-7-13(8-6-12)25-10-11(9-16(25)26)18-23-24-19(28-18)22-17(27)14-3-1-2-4-15(14)21/h1-8,11H,9-10H2,(H,22,24,27)/t11-/m0/s1. The summed E-state index contributed by atoms with van der Waals surface area (Å²) in [4.78, 5) is 25.9. The summed E-state index contributed by atoms with van der Waals surface area (Å²) >= 11 is 0. The normalized spacial score (nSPS) is 16.4. The quantitative estimate of drug-likeness (QED) is 0.747. The second-order valence-electron chi connectivity index (χ2n) is 6.26. The Balaban J connectivity index is 1.46. The molecular formula is C19H14F2N4O3. The minimum atomic E-state index is -0.719. The van der Waals surface area contributed by atoms with Gasteiger partial charge >= 0.3 is 6.01 Å². The Morgan fingerprint density at radius 2 is 1.86 bits per heavy atom. The van der Waals surface area contributed by atoms with Crippen LogP contribution in [0, 0.1) is 11.6 Å². The largest absolute Gasteiger partial charge is 0.407 e. The van der Waals surface area contributed by atoms with Crippen LogP contribution in [-0.2, 0) is 4.79 Å². The number of nitrogens with zero attached hydrogens (tertiary/aromatic N) is 3. The van der Waals surface area contributed by atoms with Crippen molar-refractivity contribution in [2.75, 3.05) is 16.8 Å². The van der Waals surface area contributed by atoms with Gasteiger partial charge in [0, 0.05) is 18.7 Å². The number of rotatable bonds is 4. The molecule has 1 aliphatic rings. The molecule has 1 saturated heterocycles. The van der Waals surface area contributed by atoms with Gasteiger partial charge in [-0.25, -0.2) is 8.78 Å². The Hall–Kier alpha value is -3.62. The molecule has 3 aromatic rings. The summed E-state index contributed by atoms with van der Waals surface area (Å²) in [6, 6.07) is 10.9. The van der Waals surface area contributed by atoms with Gasteiger partial charge < -0.3 is 9.32 Å². The number of amides is 2. The Kier molecular flexibility index (Phi) is 4.56. The molecular weight excluding hydrogens is 370 g/mol. The molecule has 4 rings (SSSR count). The molecule has 2 heterocycles. The molecule has 0 unspecified atom stereocenters. The average Bonchev–Trinajstić information content (AvgIpc) is 3.29. The highest BCUT2D eigenvalue weighted by atomic mass is 19.1. The predicted octanol–water partition coefficient (Wildman–Crippen LogP) is 3.12. The molecule has 7 nitrogen and oxygen atoms in total. The van der Waals surface area contributed by atoms with Gasteiger partial charge in [-0.05, 0) is 36.4 Å². The molecule has 1 atom stereocenters. The van der Waals surface area contributed by atoms with Crippen LogP contribution in [0.5, 0.6) is 0 Å². The second-order valence-corrected chi connectivity index (χ2v) is 6.26. The maximum Gasteiger partial charge on any atom is 0.322 e. The molecule has 1 fully saturated rings. The highest BCUT2D eigenvalue weighted by molar-refractivity contribution is 6.03. The van der Waals surface area contributed by atoms with E-state index in [-0.39, 0.29) is 48.1 Å². The molecule has 1 aromatic heterocycles. The monoisotopic (exact) mass is 384 g/mol. The molecule has 2 amide bonds. The first-order valence-electron chi connectivity index (χ1n) is 8.46. The van der Waals surface area contributed by atoms with E-state index in [1.165, 1.54) is 53.4 Å². The van der Waals surface area contributed by atoms with Crippen LogP contribution in [0.3, 0.4) is 0 Å². The fourth-order valence-corrected chi connectivity index (χ4v) is 3.00. The van der Waals surface area contributed by atoms with Crippen LogP contribution in [-0.4, -0.2) is 28.6 Å². The third-order valence-electron chi connectivity index (χ3n) is 4.39. The van der Waals surface area contributed by atoms with Crippen LogP contribution < -0.4 is 10.2 Å². The lowest BCUT2D eigenvalue weighted by atomic mass is 10.1. The van der Waals surface area contributed by atoms with E-state index in [4.69, 9.17) is 4.42 Å². The number of carbonyl (C=O) groups is 2. The third kappa shape index (κ3) is 3.46. The second kappa shape index (κ2) is 7.18. The summed E-state index contributed by atoms with van der Waals surface area (Å²) in [6.45, 7) is 0.285. The minimum Gasteiger partial charge on any atom is -0.407 e. The van der Waals surface area contributed by atoms with Gasteiger partial charge in [0.05, 0.1) is 11.5 Å². The zero-order valence-corrected chi connectivity index (χ0v) is 14.4. The lowest BCUT2D eigenvalue weighted by Gasteiger charge is -2.15. The highest BCUT2D eigenvalue weighted by Crippen LogP contribution is 2.31. The zero-order valence-electron chi connectivity index (χ0n) is 14.4. The van der Waals surface area contributed by atoms with Gasteiger partial charge in [0.15, 0.2) is 0 Å². The SMILES string of the molecule is O=C(Nc1nnc([C@H]2CC(=O)N(c3ccc(F)cc3)C2)o1)c1ccccc1F. The Labute approximate surface area is 158 Å². The Bertz CT molecular complexity index is 1040. The Morgan fingerprint density at radius 3 is 2.61 bits per heavy atom. The van der Waals surface area contributed by atoms with Crippen molar-refractivity contribution in [3.8, 4) is 0 Å². The van der Waals surface area contributed by atoms with Crippen molar-refractivity contribution in [3.63, 3.8) is 0 Å². The summed E-state index contributed by atoms with van der Waals surface area (Å²) < 4.78 is 32.2.